The molecule has 0 spiro atoms. The Morgan fingerprint density at radius 1 is 0.793 bits per heavy atom. The Balaban J connectivity index is 1.71. The molecule has 144 valence electrons. The lowest BCUT2D eigenvalue weighted by molar-refractivity contribution is 0.0926. The lowest BCUT2D eigenvalue weighted by Gasteiger charge is -2.19. The normalized spacial score (nSPS) is 13.0. The number of carbonyl (C=O) groups is 3. The zero-order valence-electron chi connectivity index (χ0n) is 16.2. The van der Waals surface area contributed by atoms with E-state index in [2.05, 4.69) is 19.2 Å². The van der Waals surface area contributed by atoms with Gasteiger partial charge >= 0.3 is 0 Å². The predicted octanol–water partition coefficient (Wildman–Crippen LogP) is 4.86. The average molecular weight is 384 g/mol. The molecule has 29 heavy (non-hydrogen) atoms. The first kappa shape index (κ1) is 18.6. The highest BCUT2D eigenvalue weighted by Gasteiger charge is 2.38. The molecule has 0 saturated carbocycles. The van der Waals surface area contributed by atoms with Gasteiger partial charge in [-0.2, -0.15) is 0 Å². The number of para-hydroxylation sites is 2. The fourth-order valence-electron chi connectivity index (χ4n) is 3.57. The number of fused-ring (bicyclic) bond motifs is 1. The van der Waals surface area contributed by atoms with E-state index < -0.39 is 11.8 Å². The lowest BCUT2D eigenvalue weighted by atomic mass is 10.0. The summed E-state index contributed by atoms with van der Waals surface area (Å²) in [5.74, 6) is -0.981. The molecule has 1 heterocycles. The van der Waals surface area contributed by atoms with E-state index >= 15 is 0 Å². The maximum absolute atomic E-state index is 13.1. The Hall–Kier alpha value is -3.73. The van der Waals surface area contributed by atoms with Crippen molar-refractivity contribution in [3.63, 3.8) is 0 Å². The van der Waals surface area contributed by atoms with Gasteiger partial charge in [-0.05, 0) is 41.8 Å². The van der Waals surface area contributed by atoms with Crippen LogP contribution < -0.4 is 10.2 Å². The topological polar surface area (TPSA) is 66.5 Å². The molecule has 0 unspecified atom stereocenters. The van der Waals surface area contributed by atoms with E-state index in [0.717, 1.165) is 10.5 Å². The third-order valence-electron chi connectivity index (χ3n) is 5.01. The molecule has 3 aromatic rings. The van der Waals surface area contributed by atoms with E-state index in [9.17, 15) is 14.4 Å². The van der Waals surface area contributed by atoms with Crippen molar-refractivity contribution in [1.29, 1.82) is 0 Å². The fraction of sp³-hybridized carbons (Fsp3) is 0.125. The molecule has 0 atom stereocenters. The molecule has 4 rings (SSSR count). The molecule has 5 nitrogen and oxygen atoms in total. The van der Waals surface area contributed by atoms with E-state index in [-0.39, 0.29) is 23.1 Å². The molecule has 3 amide bonds. The SMILES string of the molecule is CC(C)c1ccccc1NC(=O)c1ccccc1N1C(=O)c2ccccc2C1=O. The van der Waals surface area contributed by atoms with Gasteiger partial charge in [0.2, 0.25) is 0 Å². The summed E-state index contributed by atoms with van der Waals surface area (Å²) in [6.45, 7) is 4.11. The average Bonchev–Trinajstić information content (AvgIpc) is 2.99. The van der Waals surface area contributed by atoms with Crippen molar-refractivity contribution in [2.45, 2.75) is 19.8 Å². The molecule has 0 saturated heterocycles. The first-order valence-electron chi connectivity index (χ1n) is 9.46. The van der Waals surface area contributed by atoms with Crippen LogP contribution in [0.25, 0.3) is 0 Å². The third kappa shape index (κ3) is 3.21. The van der Waals surface area contributed by atoms with E-state index in [0.29, 0.717) is 16.8 Å². The van der Waals surface area contributed by atoms with Crippen LogP contribution in [0, 0.1) is 0 Å². The number of benzene rings is 3. The maximum atomic E-state index is 13.1. The van der Waals surface area contributed by atoms with Crippen molar-refractivity contribution in [2.75, 3.05) is 10.2 Å². The Morgan fingerprint density at radius 2 is 1.34 bits per heavy atom. The largest absolute Gasteiger partial charge is 0.322 e. The number of carbonyl (C=O) groups excluding carboxylic acids is 3. The molecule has 1 aliphatic rings. The summed E-state index contributed by atoms with van der Waals surface area (Å²) < 4.78 is 0. The third-order valence-corrected chi connectivity index (χ3v) is 5.01. The Kier molecular flexibility index (Phi) is 4.72. The summed E-state index contributed by atoms with van der Waals surface area (Å²) in [7, 11) is 0. The quantitative estimate of drug-likeness (QED) is 0.653. The Bertz CT molecular complexity index is 1100. The number of nitrogens with zero attached hydrogens (tertiary/aromatic N) is 1. The van der Waals surface area contributed by atoms with Crippen LogP contribution in [0.3, 0.4) is 0 Å². The number of anilines is 2. The first-order valence-corrected chi connectivity index (χ1v) is 9.46. The number of nitrogens with one attached hydrogen (secondary N) is 1. The van der Waals surface area contributed by atoms with Crippen LogP contribution in [0.15, 0.2) is 72.8 Å². The molecule has 0 radical (unpaired) electrons. The van der Waals surface area contributed by atoms with Gasteiger partial charge in [0.05, 0.1) is 22.4 Å². The van der Waals surface area contributed by atoms with E-state index in [1.807, 2.05) is 24.3 Å². The number of rotatable bonds is 4. The minimum atomic E-state index is -0.423. The maximum Gasteiger partial charge on any atom is 0.266 e. The van der Waals surface area contributed by atoms with Crippen LogP contribution in [0.2, 0.25) is 0 Å². The van der Waals surface area contributed by atoms with Crippen LogP contribution in [0.1, 0.15) is 56.4 Å². The Morgan fingerprint density at radius 3 is 2.00 bits per heavy atom. The second-order valence-corrected chi connectivity index (χ2v) is 7.20. The summed E-state index contributed by atoms with van der Waals surface area (Å²) >= 11 is 0. The first-order chi connectivity index (χ1) is 14.0. The van der Waals surface area contributed by atoms with E-state index in [1.165, 1.54) is 0 Å². The van der Waals surface area contributed by atoms with Crippen molar-refractivity contribution in [3.05, 3.63) is 95.1 Å². The second kappa shape index (κ2) is 7.36. The molecule has 0 aromatic heterocycles. The number of imide groups is 1. The zero-order valence-corrected chi connectivity index (χ0v) is 16.2. The highest BCUT2D eigenvalue weighted by molar-refractivity contribution is 6.35. The highest BCUT2D eigenvalue weighted by atomic mass is 16.2. The van der Waals surface area contributed by atoms with Gasteiger partial charge in [0.1, 0.15) is 0 Å². The Labute approximate surface area is 169 Å². The van der Waals surface area contributed by atoms with Crippen molar-refractivity contribution in [2.24, 2.45) is 0 Å². The van der Waals surface area contributed by atoms with Crippen molar-refractivity contribution >= 4 is 29.1 Å². The van der Waals surface area contributed by atoms with Gasteiger partial charge in [0.15, 0.2) is 0 Å². The van der Waals surface area contributed by atoms with Gasteiger partial charge in [-0.25, -0.2) is 4.90 Å². The highest BCUT2D eigenvalue weighted by Crippen LogP contribution is 2.31. The summed E-state index contributed by atoms with van der Waals surface area (Å²) in [5.41, 5.74) is 2.96. The monoisotopic (exact) mass is 384 g/mol. The standard InChI is InChI=1S/C24H20N2O3/c1-15(2)16-9-5-7-13-20(16)25-22(27)19-12-6-8-14-21(19)26-23(28)17-10-3-4-11-18(17)24(26)29/h3-15H,1-2H3,(H,25,27). The summed E-state index contributed by atoms with van der Waals surface area (Å²) in [4.78, 5) is 39.9. The van der Waals surface area contributed by atoms with Crippen molar-refractivity contribution in [1.82, 2.24) is 0 Å². The van der Waals surface area contributed by atoms with Crippen LogP contribution in [-0.2, 0) is 0 Å². The van der Waals surface area contributed by atoms with Crippen LogP contribution in [0.4, 0.5) is 11.4 Å². The minimum Gasteiger partial charge on any atom is -0.322 e. The van der Waals surface area contributed by atoms with Gasteiger partial charge in [-0.15, -0.1) is 0 Å². The zero-order chi connectivity index (χ0) is 20.5. The minimum absolute atomic E-state index is 0.234. The fourth-order valence-corrected chi connectivity index (χ4v) is 3.57. The molecule has 5 heteroatoms. The van der Waals surface area contributed by atoms with E-state index in [4.69, 9.17) is 0 Å². The number of hydrogen-bond acceptors (Lipinski definition) is 3. The molecule has 0 fully saturated rings. The molecule has 1 aliphatic heterocycles. The van der Waals surface area contributed by atoms with Crippen molar-refractivity contribution in [3.8, 4) is 0 Å². The molecule has 0 aliphatic carbocycles. The number of amides is 3. The molecule has 0 bridgehead atoms. The summed E-state index contributed by atoms with van der Waals surface area (Å²) in [6, 6.07) is 20.9. The molecular weight excluding hydrogens is 364 g/mol. The van der Waals surface area contributed by atoms with Gasteiger partial charge < -0.3 is 5.32 Å². The molecule has 3 aromatic carbocycles. The smallest absolute Gasteiger partial charge is 0.266 e. The van der Waals surface area contributed by atoms with Crippen LogP contribution in [0.5, 0.6) is 0 Å². The van der Waals surface area contributed by atoms with Gasteiger partial charge in [-0.1, -0.05) is 56.3 Å². The lowest BCUT2D eigenvalue weighted by Crippen LogP contribution is -2.31. The van der Waals surface area contributed by atoms with E-state index in [1.54, 1.807) is 48.5 Å². The van der Waals surface area contributed by atoms with Gasteiger partial charge in [0, 0.05) is 5.69 Å². The summed E-state index contributed by atoms with van der Waals surface area (Å²) in [6.07, 6.45) is 0. The van der Waals surface area contributed by atoms with Crippen molar-refractivity contribution < 1.29 is 14.4 Å². The molecule has 1 N–H and O–H groups in total. The molecular formula is C24H20N2O3. The van der Waals surface area contributed by atoms with Gasteiger partial charge in [0.25, 0.3) is 17.7 Å². The summed E-state index contributed by atoms with van der Waals surface area (Å²) in [5, 5.41) is 2.93. The van der Waals surface area contributed by atoms with Gasteiger partial charge in [-0.3, -0.25) is 14.4 Å². The van der Waals surface area contributed by atoms with Crippen LogP contribution in [-0.4, -0.2) is 17.7 Å². The second-order valence-electron chi connectivity index (χ2n) is 7.20. The number of hydrogen-bond donors (Lipinski definition) is 1. The predicted molar refractivity (Wildman–Crippen MR) is 113 cm³/mol. The van der Waals surface area contributed by atoms with Crippen LogP contribution >= 0.6 is 0 Å².